The van der Waals surface area contributed by atoms with E-state index in [4.69, 9.17) is 11.6 Å². The van der Waals surface area contributed by atoms with Crippen LogP contribution in [0.25, 0.3) is 0 Å². The summed E-state index contributed by atoms with van der Waals surface area (Å²) in [5, 5.41) is 4.99. The molecule has 0 N–H and O–H groups in total. The molecule has 21 heavy (non-hydrogen) atoms. The number of carbonyl (C=O) groups excluding carboxylic acids is 1. The van der Waals surface area contributed by atoms with E-state index >= 15 is 0 Å². The number of likely N-dealkylation sites (tertiary alicyclic amines) is 1. The van der Waals surface area contributed by atoms with Crippen molar-refractivity contribution in [2.75, 3.05) is 6.54 Å². The van der Waals surface area contributed by atoms with Crippen LogP contribution in [0, 0.1) is 13.8 Å². The van der Waals surface area contributed by atoms with E-state index in [-0.39, 0.29) is 11.9 Å². The molecule has 1 unspecified atom stereocenters. The van der Waals surface area contributed by atoms with Crippen LogP contribution in [0.5, 0.6) is 0 Å². The van der Waals surface area contributed by atoms with Gasteiger partial charge in [-0.25, -0.2) is 4.98 Å². The van der Waals surface area contributed by atoms with Crippen LogP contribution in [0.4, 0.5) is 0 Å². The minimum atomic E-state index is 0.0141. The Morgan fingerprint density at radius 3 is 2.76 bits per heavy atom. The lowest BCUT2D eigenvalue weighted by Gasteiger charge is -2.24. The van der Waals surface area contributed by atoms with Crippen LogP contribution in [0.15, 0.2) is 5.51 Å². The van der Waals surface area contributed by atoms with Gasteiger partial charge in [-0.1, -0.05) is 11.6 Å². The largest absolute Gasteiger partial charge is 0.331 e. The lowest BCUT2D eigenvalue weighted by molar-refractivity contribution is 0.0739. The van der Waals surface area contributed by atoms with Crippen molar-refractivity contribution in [3.8, 4) is 0 Å². The lowest BCUT2D eigenvalue weighted by Crippen LogP contribution is -2.30. The average molecular weight is 325 g/mol. The van der Waals surface area contributed by atoms with E-state index in [2.05, 4.69) is 10.1 Å². The molecule has 1 fully saturated rings. The summed E-state index contributed by atoms with van der Waals surface area (Å²) >= 11 is 7.77. The first-order valence-electron chi connectivity index (χ1n) is 6.90. The molecular weight excluding hydrogens is 308 g/mol. The van der Waals surface area contributed by atoms with E-state index < -0.39 is 0 Å². The van der Waals surface area contributed by atoms with Gasteiger partial charge in [0.2, 0.25) is 0 Å². The maximum absolute atomic E-state index is 12.8. The number of carbonyl (C=O) groups is 1. The number of hydrogen-bond donors (Lipinski definition) is 0. The maximum atomic E-state index is 12.8. The molecule has 3 rings (SSSR count). The van der Waals surface area contributed by atoms with Crippen molar-refractivity contribution in [2.45, 2.75) is 32.7 Å². The predicted molar refractivity (Wildman–Crippen MR) is 82.8 cm³/mol. The predicted octanol–water partition coefficient (Wildman–Crippen LogP) is 3.12. The molecule has 1 aliphatic heterocycles. The molecule has 1 atom stereocenters. The summed E-state index contributed by atoms with van der Waals surface area (Å²) in [6, 6.07) is 0.0141. The first-order chi connectivity index (χ1) is 10.0. The van der Waals surface area contributed by atoms with Crippen molar-refractivity contribution >= 4 is 28.8 Å². The van der Waals surface area contributed by atoms with E-state index in [1.165, 1.54) is 11.3 Å². The monoisotopic (exact) mass is 324 g/mol. The molecule has 0 saturated carbocycles. The van der Waals surface area contributed by atoms with Gasteiger partial charge in [-0.3, -0.25) is 9.48 Å². The number of thiazole rings is 1. The standard InChI is InChI=1S/C14H17ClN4OS/c1-8-11(13(15)18(3)17-8)10-5-4-6-19(10)14(20)12-9(2)16-7-21-12/h7,10H,4-6H2,1-3H3. The number of nitrogens with zero attached hydrogens (tertiary/aromatic N) is 4. The molecule has 0 aliphatic carbocycles. The highest BCUT2D eigenvalue weighted by Gasteiger charge is 2.35. The maximum Gasteiger partial charge on any atom is 0.266 e. The molecular formula is C14H17ClN4OS. The van der Waals surface area contributed by atoms with Gasteiger partial charge in [-0.2, -0.15) is 5.10 Å². The fraction of sp³-hybridized carbons (Fsp3) is 0.500. The topological polar surface area (TPSA) is 51.0 Å². The van der Waals surface area contributed by atoms with Gasteiger partial charge in [-0.15, -0.1) is 11.3 Å². The Kier molecular flexibility index (Phi) is 3.75. The lowest BCUT2D eigenvalue weighted by atomic mass is 10.1. The highest BCUT2D eigenvalue weighted by molar-refractivity contribution is 7.11. The van der Waals surface area contributed by atoms with E-state index in [1.54, 1.807) is 10.2 Å². The molecule has 7 heteroatoms. The Balaban J connectivity index is 1.96. The Morgan fingerprint density at radius 1 is 1.43 bits per heavy atom. The third-order valence-corrected chi connectivity index (χ3v) is 5.35. The molecule has 2 aromatic heterocycles. The van der Waals surface area contributed by atoms with Gasteiger partial charge in [-0.05, 0) is 26.7 Å². The Hall–Kier alpha value is -1.40. The fourth-order valence-electron chi connectivity index (χ4n) is 2.97. The van der Waals surface area contributed by atoms with Crippen LogP contribution >= 0.6 is 22.9 Å². The minimum Gasteiger partial charge on any atom is -0.331 e. The highest BCUT2D eigenvalue weighted by atomic mass is 35.5. The average Bonchev–Trinajstić information content (AvgIpc) is 3.11. The zero-order chi connectivity index (χ0) is 15.1. The number of halogens is 1. The number of rotatable bonds is 2. The normalized spacial score (nSPS) is 18.5. The van der Waals surface area contributed by atoms with E-state index in [0.29, 0.717) is 5.15 Å². The minimum absolute atomic E-state index is 0.0141. The Bertz CT molecular complexity index is 693. The Morgan fingerprint density at radius 2 is 2.19 bits per heavy atom. The first-order valence-corrected chi connectivity index (χ1v) is 8.16. The molecule has 0 spiro atoms. The van der Waals surface area contributed by atoms with Crippen LogP contribution in [-0.2, 0) is 7.05 Å². The summed E-state index contributed by atoms with van der Waals surface area (Å²) in [6.07, 6.45) is 1.91. The first kappa shape index (κ1) is 14.5. The molecule has 0 aromatic carbocycles. The zero-order valence-electron chi connectivity index (χ0n) is 12.3. The van der Waals surface area contributed by atoms with E-state index in [9.17, 15) is 4.79 Å². The smallest absolute Gasteiger partial charge is 0.266 e. The molecule has 2 aromatic rings. The van der Waals surface area contributed by atoms with Crippen molar-refractivity contribution in [3.05, 3.63) is 32.5 Å². The second kappa shape index (κ2) is 5.42. The van der Waals surface area contributed by atoms with Gasteiger partial charge >= 0.3 is 0 Å². The molecule has 1 amide bonds. The summed E-state index contributed by atoms with van der Waals surface area (Å²) in [4.78, 5) is 19.6. The quantitative estimate of drug-likeness (QED) is 0.852. The summed E-state index contributed by atoms with van der Waals surface area (Å²) in [5.41, 5.74) is 4.39. The van der Waals surface area contributed by atoms with Crippen molar-refractivity contribution in [1.29, 1.82) is 0 Å². The van der Waals surface area contributed by atoms with E-state index in [1.807, 2.05) is 25.8 Å². The van der Waals surface area contributed by atoms with Crippen LogP contribution in [-0.4, -0.2) is 32.1 Å². The summed E-state index contributed by atoms with van der Waals surface area (Å²) in [7, 11) is 1.83. The van der Waals surface area contributed by atoms with Gasteiger partial charge in [0, 0.05) is 19.2 Å². The summed E-state index contributed by atoms with van der Waals surface area (Å²) in [5.74, 6) is 0.0526. The molecule has 0 bridgehead atoms. The van der Waals surface area contributed by atoms with Gasteiger partial charge in [0.15, 0.2) is 0 Å². The van der Waals surface area contributed by atoms with E-state index in [0.717, 1.165) is 41.2 Å². The summed E-state index contributed by atoms with van der Waals surface area (Å²) < 4.78 is 1.67. The van der Waals surface area contributed by atoms with Crippen LogP contribution < -0.4 is 0 Å². The van der Waals surface area contributed by atoms with Gasteiger partial charge < -0.3 is 4.90 Å². The number of aromatic nitrogens is 3. The van der Waals surface area contributed by atoms with Crippen molar-refractivity contribution in [3.63, 3.8) is 0 Å². The second-order valence-electron chi connectivity index (χ2n) is 5.34. The molecule has 1 aliphatic rings. The Labute approximate surface area is 132 Å². The number of hydrogen-bond acceptors (Lipinski definition) is 4. The summed E-state index contributed by atoms with van der Waals surface area (Å²) in [6.45, 7) is 4.57. The van der Waals surface area contributed by atoms with Crippen molar-refractivity contribution in [2.24, 2.45) is 7.05 Å². The van der Waals surface area contributed by atoms with Crippen LogP contribution in [0.1, 0.15) is 45.5 Å². The highest BCUT2D eigenvalue weighted by Crippen LogP contribution is 2.38. The van der Waals surface area contributed by atoms with Gasteiger partial charge in [0.25, 0.3) is 5.91 Å². The number of aryl methyl sites for hydroxylation is 3. The number of amides is 1. The second-order valence-corrected chi connectivity index (χ2v) is 6.55. The third-order valence-electron chi connectivity index (χ3n) is 3.98. The van der Waals surface area contributed by atoms with Crippen molar-refractivity contribution < 1.29 is 4.79 Å². The third kappa shape index (κ3) is 2.36. The molecule has 5 nitrogen and oxygen atoms in total. The van der Waals surface area contributed by atoms with Crippen molar-refractivity contribution in [1.82, 2.24) is 19.7 Å². The van der Waals surface area contributed by atoms with Gasteiger partial charge in [0.1, 0.15) is 10.0 Å². The molecule has 112 valence electrons. The fourth-order valence-corrected chi connectivity index (χ4v) is 4.03. The zero-order valence-corrected chi connectivity index (χ0v) is 13.8. The van der Waals surface area contributed by atoms with Crippen LogP contribution in [0.2, 0.25) is 5.15 Å². The van der Waals surface area contributed by atoms with Gasteiger partial charge in [0.05, 0.1) is 22.9 Å². The molecule has 3 heterocycles. The van der Waals surface area contributed by atoms with Crippen LogP contribution in [0.3, 0.4) is 0 Å². The molecule has 0 radical (unpaired) electrons. The molecule has 1 saturated heterocycles. The SMILES string of the molecule is Cc1ncsc1C(=O)N1CCCC1c1c(C)nn(C)c1Cl.